The minimum atomic E-state index is -0.774. The fraction of sp³-hybridized carbons (Fsp3) is 0.500. The Balaban J connectivity index is 0.00000112. The van der Waals surface area contributed by atoms with Gasteiger partial charge in [-0.25, -0.2) is 4.98 Å². The number of nitrogens with two attached hydrogens (primary N) is 1. The van der Waals surface area contributed by atoms with Crippen molar-refractivity contribution in [3.05, 3.63) is 24.8 Å². The van der Waals surface area contributed by atoms with E-state index in [1.165, 1.54) is 0 Å². The zero-order valence-electron chi connectivity index (χ0n) is 8.63. The first kappa shape index (κ1) is 12.2. The Bertz CT molecular complexity index is 346. The van der Waals surface area contributed by atoms with Crippen molar-refractivity contribution in [1.29, 1.82) is 0 Å². The summed E-state index contributed by atoms with van der Waals surface area (Å²) < 4.78 is 1.94. The zero-order chi connectivity index (χ0) is 10.2. The molecule has 5 heteroatoms. The second-order valence-corrected chi connectivity index (χ2v) is 4.01. The van der Waals surface area contributed by atoms with Crippen molar-refractivity contribution in [3.63, 3.8) is 0 Å². The van der Waals surface area contributed by atoms with Crippen LogP contribution >= 0.6 is 12.4 Å². The average molecular weight is 230 g/mol. The standard InChI is InChI=1S/C10H15N3O.ClH/c1-10(14)3-2-8(6-9(10)11)13-5-4-12-7-13;/h4-7,9,14H,2-3,11H2,1H3;1H. The molecule has 84 valence electrons. The maximum atomic E-state index is 9.86. The quantitative estimate of drug-likeness (QED) is 0.756. The normalized spacial score (nSPS) is 30.6. The van der Waals surface area contributed by atoms with E-state index in [1.807, 2.05) is 16.8 Å². The Morgan fingerprint density at radius 3 is 2.93 bits per heavy atom. The van der Waals surface area contributed by atoms with Gasteiger partial charge in [-0.2, -0.15) is 0 Å². The van der Waals surface area contributed by atoms with Gasteiger partial charge in [0.05, 0.1) is 18.0 Å². The van der Waals surface area contributed by atoms with Crippen LogP contribution in [0.5, 0.6) is 0 Å². The summed E-state index contributed by atoms with van der Waals surface area (Å²) in [5.41, 5.74) is 6.19. The Labute approximate surface area is 95.2 Å². The van der Waals surface area contributed by atoms with Gasteiger partial charge in [-0.15, -0.1) is 12.4 Å². The summed E-state index contributed by atoms with van der Waals surface area (Å²) in [5, 5.41) is 9.86. The van der Waals surface area contributed by atoms with Crippen LogP contribution in [0.3, 0.4) is 0 Å². The lowest BCUT2D eigenvalue weighted by Gasteiger charge is -2.33. The molecule has 0 spiro atoms. The molecule has 4 nitrogen and oxygen atoms in total. The topological polar surface area (TPSA) is 64.1 Å². The monoisotopic (exact) mass is 229 g/mol. The van der Waals surface area contributed by atoms with Crippen molar-refractivity contribution in [1.82, 2.24) is 9.55 Å². The first-order valence-electron chi connectivity index (χ1n) is 4.76. The molecular weight excluding hydrogens is 214 g/mol. The highest BCUT2D eigenvalue weighted by Crippen LogP contribution is 2.28. The van der Waals surface area contributed by atoms with Crippen molar-refractivity contribution in [3.8, 4) is 0 Å². The first-order valence-corrected chi connectivity index (χ1v) is 4.76. The van der Waals surface area contributed by atoms with E-state index in [2.05, 4.69) is 4.98 Å². The van der Waals surface area contributed by atoms with Gasteiger partial charge in [-0.3, -0.25) is 0 Å². The number of halogens is 1. The van der Waals surface area contributed by atoms with Crippen molar-refractivity contribution in [2.75, 3.05) is 0 Å². The highest BCUT2D eigenvalue weighted by atomic mass is 35.5. The Morgan fingerprint density at radius 1 is 1.67 bits per heavy atom. The maximum Gasteiger partial charge on any atom is 0.0989 e. The number of nitrogens with zero attached hydrogens (tertiary/aromatic N) is 2. The highest BCUT2D eigenvalue weighted by molar-refractivity contribution is 5.85. The predicted molar refractivity (Wildman–Crippen MR) is 61.6 cm³/mol. The first-order chi connectivity index (χ1) is 6.59. The summed E-state index contributed by atoms with van der Waals surface area (Å²) in [6.45, 7) is 1.78. The minimum absolute atomic E-state index is 0. The SMILES string of the molecule is CC1(O)CCC(n2ccnc2)=CC1N.Cl. The van der Waals surface area contributed by atoms with E-state index in [1.54, 1.807) is 19.4 Å². The second-order valence-electron chi connectivity index (χ2n) is 4.01. The Morgan fingerprint density at radius 2 is 2.40 bits per heavy atom. The summed E-state index contributed by atoms with van der Waals surface area (Å²) in [4.78, 5) is 3.98. The fourth-order valence-corrected chi connectivity index (χ4v) is 1.66. The molecule has 0 radical (unpaired) electrons. The van der Waals surface area contributed by atoms with Gasteiger partial charge in [0.1, 0.15) is 0 Å². The highest BCUT2D eigenvalue weighted by Gasteiger charge is 2.31. The van der Waals surface area contributed by atoms with Gasteiger partial charge in [-0.05, 0) is 25.8 Å². The van der Waals surface area contributed by atoms with E-state index in [4.69, 9.17) is 5.73 Å². The summed E-state index contributed by atoms with van der Waals surface area (Å²) in [7, 11) is 0. The van der Waals surface area contributed by atoms with Crippen LogP contribution in [-0.4, -0.2) is 26.3 Å². The third kappa shape index (κ3) is 2.40. The van der Waals surface area contributed by atoms with Crippen LogP contribution in [-0.2, 0) is 0 Å². The van der Waals surface area contributed by atoms with Crippen molar-refractivity contribution in [2.45, 2.75) is 31.4 Å². The molecule has 1 aliphatic rings. The van der Waals surface area contributed by atoms with Crippen LogP contribution in [0.15, 0.2) is 24.8 Å². The number of imidazole rings is 1. The van der Waals surface area contributed by atoms with Gasteiger partial charge in [0.2, 0.25) is 0 Å². The molecule has 1 aromatic heterocycles. The van der Waals surface area contributed by atoms with Crippen LogP contribution in [0.25, 0.3) is 5.70 Å². The van der Waals surface area contributed by atoms with E-state index in [-0.39, 0.29) is 18.4 Å². The largest absolute Gasteiger partial charge is 0.388 e. The van der Waals surface area contributed by atoms with Crippen molar-refractivity contribution >= 4 is 18.1 Å². The summed E-state index contributed by atoms with van der Waals surface area (Å²) in [6.07, 6.45) is 8.80. The smallest absolute Gasteiger partial charge is 0.0989 e. The minimum Gasteiger partial charge on any atom is -0.388 e. The molecular formula is C10H16ClN3O. The lowest BCUT2D eigenvalue weighted by atomic mass is 9.85. The molecule has 0 saturated heterocycles. The second kappa shape index (κ2) is 4.35. The average Bonchev–Trinajstić information content (AvgIpc) is 2.62. The lowest BCUT2D eigenvalue weighted by Crippen LogP contribution is -2.46. The van der Waals surface area contributed by atoms with Crippen molar-refractivity contribution in [2.24, 2.45) is 5.73 Å². The number of hydrogen-bond donors (Lipinski definition) is 2. The molecule has 2 rings (SSSR count). The Hall–Kier alpha value is -0.840. The van der Waals surface area contributed by atoms with E-state index >= 15 is 0 Å². The molecule has 0 bridgehead atoms. The summed E-state index contributed by atoms with van der Waals surface area (Å²) in [6, 6.07) is -0.298. The van der Waals surface area contributed by atoms with Crippen LogP contribution in [0.1, 0.15) is 19.8 Å². The molecule has 0 aromatic carbocycles. The van der Waals surface area contributed by atoms with Gasteiger partial charge in [0.25, 0.3) is 0 Å². The van der Waals surface area contributed by atoms with Crippen LogP contribution in [0, 0.1) is 0 Å². The third-order valence-electron chi connectivity index (χ3n) is 2.81. The van der Waals surface area contributed by atoms with Crippen LogP contribution in [0.4, 0.5) is 0 Å². The predicted octanol–water partition coefficient (Wildman–Crippen LogP) is 1.02. The van der Waals surface area contributed by atoms with E-state index in [9.17, 15) is 5.11 Å². The number of hydrogen-bond acceptors (Lipinski definition) is 3. The molecule has 0 amide bonds. The maximum absolute atomic E-state index is 9.86. The summed E-state index contributed by atoms with van der Waals surface area (Å²) in [5.74, 6) is 0. The number of rotatable bonds is 1. The van der Waals surface area contributed by atoms with Gasteiger partial charge in [0, 0.05) is 18.1 Å². The van der Waals surface area contributed by atoms with Gasteiger partial charge in [0.15, 0.2) is 0 Å². The molecule has 1 aromatic rings. The van der Waals surface area contributed by atoms with Crippen LogP contribution in [0.2, 0.25) is 0 Å². The molecule has 0 saturated carbocycles. The fourth-order valence-electron chi connectivity index (χ4n) is 1.66. The zero-order valence-corrected chi connectivity index (χ0v) is 9.44. The molecule has 1 aliphatic carbocycles. The number of allylic oxidation sites excluding steroid dienone is 1. The van der Waals surface area contributed by atoms with Gasteiger partial charge < -0.3 is 15.4 Å². The number of aromatic nitrogens is 2. The molecule has 0 aliphatic heterocycles. The molecule has 15 heavy (non-hydrogen) atoms. The van der Waals surface area contributed by atoms with Crippen LogP contribution < -0.4 is 5.73 Å². The van der Waals surface area contributed by atoms with Gasteiger partial charge >= 0.3 is 0 Å². The van der Waals surface area contributed by atoms with E-state index in [0.29, 0.717) is 6.42 Å². The molecule has 3 N–H and O–H groups in total. The van der Waals surface area contributed by atoms with E-state index in [0.717, 1.165) is 12.1 Å². The van der Waals surface area contributed by atoms with Crippen molar-refractivity contribution < 1.29 is 5.11 Å². The molecule has 1 heterocycles. The number of aliphatic hydroxyl groups is 1. The lowest BCUT2D eigenvalue weighted by molar-refractivity contribution is 0.0357. The van der Waals surface area contributed by atoms with E-state index < -0.39 is 5.60 Å². The Kier molecular flexibility index (Phi) is 3.54. The third-order valence-corrected chi connectivity index (χ3v) is 2.81. The molecule has 2 atom stereocenters. The molecule has 0 fully saturated rings. The summed E-state index contributed by atoms with van der Waals surface area (Å²) >= 11 is 0. The molecule has 2 unspecified atom stereocenters. The van der Waals surface area contributed by atoms with Gasteiger partial charge in [-0.1, -0.05) is 0 Å².